The van der Waals surface area contributed by atoms with Crippen molar-refractivity contribution in [2.75, 3.05) is 39.1 Å². The molecule has 7 nitrogen and oxygen atoms in total. The quantitative estimate of drug-likeness (QED) is 0.521. The van der Waals surface area contributed by atoms with Gasteiger partial charge in [0.15, 0.2) is 11.5 Å². The number of para-hydroxylation sites is 2. The van der Waals surface area contributed by atoms with Crippen molar-refractivity contribution in [2.24, 2.45) is 5.92 Å². The second kappa shape index (κ2) is 11.9. The summed E-state index contributed by atoms with van der Waals surface area (Å²) in [6.07, 6.45) is 2.42. The topological polar surface area (TPSA) is 84.9 Å². The van der Waals surface area contributed by atoms with Gasteiger partial charge in [-0.1, -0.05) is 42.5 Å². The number of carbonyl (C=O) groups excluding carboxylic acids is 1. The zero-order chi connectivity index (χ0) is 22.8. The van der Waals surface area contributed by atoms with Crippen molar-refractivity contribution < 1.29 is 22.7 Å². The molecule has 1 aliphatic rings. The van der Waals surface area contributed by atoms with Gasteiger partial charge in [-0.05, 0) is 43.4 Å². The number of hydrogen-bond donors (Lipinski definition) is 1. The lowest BCUT2D eigenvalue weighted by atomic mass is 9.97. The molecule has 2 aromatic rings. The Balaban J connectivity index is 1.35. The van der Waals surface area contributed by atoms with Gasteiger partial charge in [0.2, 0.25) is 15.9 Å². The number of aryl methyl sites for hydroxylation is 1. The number of nitrogens with zero attached hydrogens (tertiary/aromatic N) is 1. The van der Waals surface area contributed by atoms with Crippen LogP contribution in [0.4, 0.5) is 0 Å². The number of methoxy groups -OCH3 is 1. The number of hydrogen-bond acceptors (Lipinski definition) is 5. The number of amides is 1. The van der Waals surface area contributed by atoms with Crippen molar-refractivity contribution in [1.29, 1.82) is 0 Å². The van der Waals surface area contributed by atoms with Gasteiger partial charge >= 0.3 is 0 Å². The lowest BCUT2D eigenvalue weighted by Gasteiger charge is -2.30. The molecule has 32 heavy (non-hydrogen) atoms. The van der Waals surface area contributed by atoms with E-state index >= 15 is 0 Å². The Bertz CT molecular complexity index is 957. The summed E-state index contributed by atoms with van der Waals surface area (Å²) in [6, 6.07) is 17.3. The largest absolute Gasteiger partial charge is 0.493 e. The third-order valence-electron chi connectivity index (χ3n) is 5.66. The molecule has 0 atom stereocenters. The first-order chi connectivity index (χ1) is 15.5. The summed E-state index contributed by atoms with van der Waals surface area (Å²) in [5, 5.41) is 2.89. The van der Waals surface area contributed by atoms with Gasteiger partial charge in [0, 0.05) is 19.0 Å². The van der Waals surface area contributed by atoms with Crippen LogP contribution in [0.1, 0.15) is 24.8 Å². The average molecular weight is 461 g/mol. The van der Waals surface area contributed by atoms with E-state index in [0.29, 0.717) is 57.0 Å². The van der Waals surface area contributed by atoms with E-state index in [1.54, 1.807) is 7.11 Å². The fourth-order valence-electron chi connectivity index (χ4n) is 3.85. The molecule has 3 rings (SSSR count). The first-order valence-corrected chi connectivity index (χ1v) is 12.7. The zero-order valence-electron chi connectivity index (χ0n) is 18.5. The predicted octanol–water partition coefficient (Wildman–Crippen LogP) is 2.86. The summed E-state index contributed by atoms with van der Waals surface area (Å²) in [5.74, 6) is 1.21. The van der Waals surface area contributed by atoms with Gasteiger partial charge in [0.05, 0.1) is 19.4 Å². The number of nitrogens with one attached hydrogen (secondary N) is 1. The lowest BCUT2D eigenvalue weighted by Crippen LogP contribution is -2.44. The highest BCUT2D eigenvalue weighted by Crippen LogP contribution is 2.25. The van der Waals surface area contributed by atoms with Crippen LogP contribution in [-0.4, -0.2) is 57.7 Å². The standard InChI is InChI=1S/C24H32N2O5S/c1-30-22-11-5-6-12-23(22)31-18-15-25-24(27)21-13-16-26(17-14-21)32(28,29)19-7-10-20-8-3-2-4-9-20/h2-6,8-9,11-12,21H,7,10,13-19H2,1H3,(H,25,27). The Hall–Kier alpha value is -2.58. The summed E-state index contributed by atoms with van der Waals surface area (Å²) in [6.45, 7) is 1.50. The monoisotopic (exact) mass is 460 g/mol. The molecule has 0 saturated carbocycles. The van der Waals surface area contributed by atoms with E-state index in [4.69, 9.17) is 9.47 Å². The molecular weight excluding hydrogens is 428 g/mol. The molecule has 174 valence electrons. The summed E-state index contributed by atoms with van der Waals surface area (Å²) in [5.41, 5.74) is 1.15. The molecule has 1 aliphatic heterocycles. The Labute approximate surface area is 190 Å². The minimum absolute atomic E-state index is 0.0465. The summed E-state index contributed by atoms with van der Waals surface area (Å²) in [7, 11) is -1.71. The molecule has 0 aliphatic carbocycles. The summed E-state index contributed by atoms with van der Waals surface area (Å²) >= 11 is 0. The molecule has 0 spiro atoms. The lowest BCUT2D eigenvalue weighted by molar-refractivity contribution is -0.126. The number of rotatable bonds is 11. The van der Waals surface area contributed by atoms with E-state index in [9.17, 15) is 13.2 Å². The fraction of sp³-hybridized carbons (Fsp3) is 0.458. The van der Waals surface area contributed by atoms with Crippen molar-refractivity contribution in [1.82, 2.24) is 9.62 Å². The van der Waals surface area contributed by atoms with Gasteiger partial charge in [0.1, 0.15) is 6.61 Å². The highest BCUT2D eigenvalue weighted by Gasteiger charge is 2.30. The van der Waals surface area contributed by atoms with Crippen molar-refractivity contribution in [3.63, 3.8) is 0 Å². The Morgan fingerprint density at radius 3 is 2.38 bits per heavy atom. The first-order valence-electron chi connectivity index (χ1n) is 11.0. The normalized spacial score (nSPS) is 15.3. The molecule has 0 radical (unpaired) electrons. The minimum atomic E-state index is -3.29. The third-order valence-corrected chi connectivity index (χ3v) is 7.61. The number of benzene rings is 2. The summed E-state index contributed by atoms with van der Waals surface area (Å²) < 4.78 is 37.7. The van der Waals surface area contributed by atoms with Gasteiger partial charge in [-0.3, -0.25) is 4.79 Å². The van der Waals surface area contributed by atoms with Crippen molar-refractivity contribution in [2.45, 2.75) is 25.7 Å². The maximum Gasteiger partial charge on any atom is 0.223 e. The molecule has 0 bridgehead atoms. The molecule has 1 heterocycles. The minimum Gasteiger partial charge on any atom is -0.493 e. The SMILES string of the molecule is COc1ccccc1OCCNC(=O)C1CCN(S(=O)(=O)CCCc2ccccc2)CC1. The molecular formula is C24H32N2O5S. The van der Waals surface area contributed by atoms with Crippen LogP contribution >= 0.6 is 0 Å². The van der Waals surface area contributed by atoms with Gasteiger partial charge in [-0.25, -0.2) is 12.7 Å². The molecule has 1 saturated heterocycles. The van der Waals surface area contributed by atoms with Crippen LogP contribution in [0, 0.1) is 5.92 Å². The van der Waals surface area contributed by atoms with Crippen LogP contribution in [0.5, 0.6) is 11.5 Å². The Morgan fingerprint density at radius 2 is 1.69 bits per heavy atom. The number of piperidine rings is 1. The molecule has 8 heteroatoms. The highest BCUT2D eigenvalue weighted by atomic mass is 32.2. The second-order valence-electron chi connectivity index (χ2n) is 7.87. The number of carbonyl (C=O) groups is 1. The first kappa shape index (κ1) is 24.1. The van der Waals surface area contributed by atoms with Gasteiger partial charge in [-0.15, -0.1) is 0 Å². The van der Waals surface area contributed by atoms with Crippen LogP contribution in [-0.2, 0) is 21.2 Å². The van der Waals surface area contributed by atoms with E-state index in [1.807, 2.05) is 54.6 Å². The number of ether oxygens (including phenoxy) is 2. The Kier molecular flexibility index (Phi) is 8.93. The van der Waals surface area contributed by atoms with E-state index in [-0.39, 0.29) is 17.6 Å². The molecule has 0 unspecified atom stereocenters. The van der Waals surface area contributed by atoms with Crippen LogP contribution in [0.25, 0.3) is 0 Å². The van der Waals surface area contributed by atoms with E-state index in [1.165, 1.54) is 4.31 Å². The smallest absolute Gasteiger partial charge is 0.223 e. The zero-order valence-corrected chi connectivity index (χ0v) is 19.4. The number of sulfonamides is 1. The molecule has 1 fully saturated rings. The molecule has 1 N–H and O–H groups in total. The van der Waals surface area contributed by atoms with Gasteiger partial charge in [-0.2, -0.15) is 0 Å². The third kappa shape index (κ3) is 6.97. The highest BCUT2D eigenvalue weighted by molar-refractivity contribution is 7.89. The van der Waals surface area contributed by atoms with Crippen molar-refractivity contribution in [3.05, 3.63) is 60.2 Å². The van der Waals surface area contributed by atoms with Gasteiger partial charge < -0.3 is 14.8 Å². The van der Waals surface area contributed by atoms with Gasteiger partial charge in [0.25, 0.3) is 0 Å². The maximum atomic E-state index is 12.6. The van der Waals surface area contributed by atoms with Crippen molar-refractivity contribution in [3.8, 4) is 11.5 Å². The van der Waals surface area contributed by atoms with Crippen LogP contribution in [0.3, 0.4) is 0 Å². The van der Waals surface area contributed by atoms with E-state index in [0.717, 1.165) is 12.0 Å². The van der Waals surface area contributed by atoms with Crippen LogP contribution in [0.15, 0.2) is 54.6 Å². The van der Waals surface area contributed by atoms with Crippen molar-refractivity contribution >= 4 is 15.9 Å². The average Bonchev–Trinajstić information content (AvgIpc) is 2.82. The van der Waals surface area contributed by atoms with E-state index in [2.05, 4.69) is 5.32 Å². The maximum absolute atomic E-state index is 12.6. The predicted molar refractivity (Wildman–Crippen MR) is 124 cm³/mol. The van der Waals surface area contributed by atoms with Crippen LogP contribution < -0.4 is 14.8 Å². The molecule has 2 aromatic carbocycles. The van der Waals surface area contributed by atoms with E-state index < -0.39 is 10.0 Å². The Morgan fingerprint density at radius 1 is 1.03 bits per heavy atom. The van der Waals surface area contributed by atoms with Crippen LogP contribution in [0.2, 0.25) is 0 Å². The fourth-order valence-corrected chi connectivity index (χ4v) is 5.38. The second-order valence-corrected chi connectivity index (χ2v) is 9.96. The molecule has 1 amide bonds. The summed E-state index contributed by atoms with van der Waals surface area (Å²) in [4.78, 5) is 12.5. The molecule has 0 aromatic heterocycles.